The Balaban J connectivity index is 0.00000320. The molecule has 1 aliphatic rings. The molecule has 0 spiro atoms. The average molecular weight is 669 g/mol. The molecule has 1 aliphatic carbocycles. The van der Waals surface area contributed by atoms with Crippen LogP contribution < -0.4 is 5.32 Å². The van der Waals surface area contributed by atoms with Crippen LogP contribution in [0.3, 0.4) is 0 Å². The van der Waals surface area contributed by atoms with Crippen molar-refractivity contribution in [2.24, 2.45) is 0 Å². The van der Waals surface area contributed by atoms with Crippen LogP contribution in [0.5, 0.6) is 0 Å². The molecule has 8 nitrogen and oxygen atoms in total. The largest absolute Gasteiger partial charge is 0.699 e. The van der Waals surface area contributed by atoms with Gasteiger partial charge >= 0.3 is 5.97 Å². The monoisotopic (exact) mass is 669 g/mol. The number of esters is 1. The topological polar surface area (TPSA) is 110 Å². The van der Waals surface area contributed by atoms with Gasteiger partial charge in [-0.15, -0.1) is 5.69 Å². The fraction of sp³-hybridized carbons (Fsp3) is 0.321. The first kappa shape index (κ1) is 26.7. The van der Waals surface area contributed by atoms with Crippen molar-refractivity contribution in [2.45, 2.75) is 50.6 Å². The molecule has 0 radical (unpaired) electrons. The first-order valence-corrected chi connectivity index (χ1v) is 12.3. The number of rotatable bonds is 7. The van der Waals surface area contributed by atoms with Crippen LogP contribution in [0.25, 0.3) is 28.2 Å². The number of fused-ring (bicyclic) bond motifs is 1. The van der Waals surface area contributed by atoms with Crippen molar-refractivity contribution in [1.82, 2.24) is 14.9 Å². The average Bonchev–Trinajstić information content (AvgIpc) is 3.57. The van der Waals surface area contributed by atoms with Crippen LogP contribution in [-0.4, -0.2) is 34.6 Å². The van der Waals surface area contributed by atoms with Crippen molar-refractivity contribution < 1.29 is 39.8 Å². The number of methoxy groups -OCH3 is 1. The predicted octanol–water partition coefficient (Wildman–Crippen LogP) is 6.00. The Labute approximate surface area is 229 Å². The van der Waals surface area contributed by atoms with E-state index in [-0.39, 0.29) is 33.4 Å². The quantitative estimate of drug-likeness (QED) is 0.243. The van der Waals surface area contributed by atoms with Gasteiger partial charge in [0, 0.05) is 39.1 Å². The van der Waals surface area contributed by atoms with E-state index in [0.717, 1.165) is 40.8 Å². The van der Waals surface area contributed by atoms with Gasteiger partial charge in [-0.2, -0.15) is 0 Å². The second kappa shape index (κ2) is 11.8. The molecule has 0 saturated heterocycles. The van der Waals surface area contributed by atoms with Crippen LogP contribution >= 0.6 is 0 Å². The van der Waals surface area contributed by atoms with Crippen molar-refractivity contribution in [3.63, 3.8) is 0 Å². The molecule has 9 heteroatoms. The van der Waals surface area contributed by atoms with Gasteiger partial charge in [0.25, 0.3) is 5.91 Å². The number of hydrogen-bond acceptors (Lipinski definition) is 5. The van der Waals surface area contributed by atoms with Crippen LogP contribution in [0, 0.1) is 0 Å². The van der Waals surface area contributed by atoms with Crippen LogP contribution in [0.4, 0.5) is 5.69 Å². The molecule has 0 unspecified atom stereocenters. The minimum absolute atomic E-state index is 0. The van der Waals surface area contributed by atoms with E-state index < -0.39 is 12.0 Å². The zero-order chi connectivity index (χ0) is 25.1. The number of nitrogens with zero attached hydrogens (tertiary/aromatic N) is 2. The molecule has 192 valence electrons. The van der Waals surface area contributed by atoms with Crippen molar-refractivity contribution in [1.29, 1.82) is 0 Å². The summed E-state index contributed by atoms with van der Waals surface area (Å²) in [7, 11) is 1.30. The number of carbonyl (C=O) groups is 2. The van der Waals surface area contributed by atoms with E-state index in [4.69, 9.17) is 19.9 Å². The second-order valence-electron chi connectivity index (χ2n) is 9.26. The molecule has 0 bridgehead atoms. The Morgan fingerprint density at radius 1 is 1.14 bits per heavy atom. The molecular weight excluding hydrogens is 640 g/mol. The number of ether oxygens (including phenoxy) is 1. The standard InChI is InChI=1S/C28H29N4O4.W/c1-35-28(34)24(15-18-7-10-21(29)11-8-18)31-27(33)19-9-12-25-23(16-19)30-26(20-13-14-36-17-20)32(25)22-5-3-2-4-6-22;/h7-14,16-17,22,24,29H,2-6,15H2,1H3,(H,31,33);/q-1;/t24-;/m0./s1. The van der Waals surface area contributed by atoms with E-state index in [1.807, 2.05) is 12.1 Å². The van der Waals surface area contributed by atoms with E-state index in [0.29, 0.717) is 17.3 Å². The summed E-state index contributed by atoms with van der Waals surface area (Å²) in [4.78, 5) is 30.5. The summed E-state index contributed by atoms with van der Waals surface area (Å²) in [6, 6.07) is 13.7. The Bertz CT molecular complexity index is 1360. The summed E-state index contributed by atoms with van der Waals surface area (Å²) in [6.07, 6.45) is 9.43. The SMILES string of the molecule is COC(=O)[C@H](Cc1ccc([NH-])cc1)NC(=O)c1ccc2c(c1)nc(-c1ccoc1)n2C1CCCCC1.[W]. The molecule has 2 aromatic heterocycles. The van der Waals surface area contributed by atoms with Crippen molar-refractivity contribution in [3.8, 4) is 11.4 Å². The molecule has 4 aromatic rings. The van der Waals surface area contributed by atoms with Crippen LogP contribution in [0.2, 0.25) is 0 Å². The molecule has 2 N–H and O–H groups in total. The second-order valence-corrected chi connectivity index (χ2v) is 9.26. The number of benzene rings is 2. The normalized spacial score (nSPS) is 14.6. The number of carbonyl (C=O) groups excluding carboxylic acids is 2. The number of aromatic nitrogens is 2. The molecule has 5 rings (SSSR count). The van der Waals surface area contributed by atoms with Gasteiger partial charge in [0.2, 0.25) is 0 Å². The molecule has 1 amide bonds. The maximum Gasteiger partial charge on any atom is 0.328 e. The maximum atomic E-state index is 13.2. The van der Waals surface area contributed by atoms with Gasteiger partial charge in [0.1, 0.15) is 18.1 Å². The van der Waals surface area contributed by atoms with E-state index in [1.54, 1.807) is 48.9 Å². The number of imidazole rings is 1. The summed E-state index contributed by atoms with van der Waals surface area (Å²) in [6.45, 7) is 0. The molecule has 0 aliphatic heterocycles. The number of hydrogen-bond donors (Lipinski definition) is 1. The van der Waals surface area contributed by atoms with Gasteiger partial charge in [-0.3, -0.25) is 4.79 Å². The Morgan fingerprint density at radius 3 is 2.57 bits per heavy atom. The third kappa shape index (κ3) is 5.80. The summed E-state index contributed by atoms with van der Waals surface area (Å²) in [5, 5.41) is 2.81. The minimum Gasteiger partial charge on any atom is -0.699 e. The fourth-order valence-corrected chi connectivity index (χ4v) is 5.00. The predicted molar refractivity (Wildman–Crippen MR) is 137 cm³/mol. The summed E-state index contributed by atoms with van der Waals surface area (Å²) >= 11 is 0. The number of amides is 1. The third-order valence-corrected chi connectivity index (χ3v) is 6.86. The first-order valence-electron chi connectivity index (χ1n) is 12.3. The zero-order valence-corrected chi connectivity index (χ0v) is 23.5. The van der Waals surface area contributed by atoms with E-state index in [9.17, 15) is 9.59 Å². The Hall–Kier alpha value is -3.38. The third-order valence-electron chi connectivity index (χ3n) is 6.86. The van der Waals surface area contributed by atoms with Crippen LogP contribution in [0.1, 0.15) is 54.1 Å². The van der Waals surface area contributed by atoms with Crippen molar-refractivity contribution in [2.75, 3.05) is 7.11 Å². The van der Waals surface area contributed by atoms with E-state index >= 15 is 0 Å². The van der Waals surface area contributed by atoms with Gasteiger partial charge in [-0.25, -0.2) is 9.78 Å². The molecule has 1 fully saturated rings. The Morgan fingerprint density at radius 2 is 1.89 bits per heavy atom. The molecule has 1 atom stereocenters. The van der Waals surface area contributed by atoms with Gasteiger partial charge < -0.3 is 24.8 Å². The molecule has 1 saturated carbocycles. The van der Waals surface area contributed by atoms with Gasteiger partial charge in [0.15, 0.2) is 0 Å². The maximum absolute atomic E-state index is 13.2. The van der Waals surface area contributed by atoms with Crippen molar-refractivity contribution in [3.05, 3.63) is 77.9 Å². The van der Waals surface area contributed by atoms with E-state index in [1.165, 1.54) is 26.4 Å². The van der Waals surface area contributed by atoms with E-state index in [2.05, 4.69) is 9.88 Å². The first-order chi connectivity index (χ1) is 17.5. The van der Waals surface area contributed by atoms with Crippen LogP contribution in [0.15, 0.2) is 65.5 Å². The molecular formula is C28H29N4O4W-. The van der Waals surface area contributed by atoms with Crippen molar-refractivity contribution >= 4 is 28.6 Å². The minimum atomic E-state index is -0.851. The summed E-state index contributed by atoms with van der Waals surface area (Å²) in [5.74, 6) is -0.0572. The molecule has 2 aromatic carbocycles. The summed E-state index contributed by atoms with van der Waals surface area (Å²) < 4.78 is 12.5. The van der Waals surface area contributed by atoms with Gasteiger partial charge in [0.05, 0.1) is 30.0 Å². The smallest absolute Gasteiger partial charge is 0.328 e. The Kier molecular flexibility index (Phi) is 8.49. The fourth-order valence-electron chi connectivity index (χ4n) is 5.00. The number of furan rings is 1. The molecule has 2 heterocycles. The summed E-state index contributed by atoms with van der Waals surface area (Å²) in [5.41, 5.74) is 11.9. The van der Waals surface area contributed by atoms with Gasteiger partial charge in [-0.1, -0.05) is 43.5 Å². The van der Waals surface area contributed by atoms with Crippen LogP contribution in [-0.2, 0) is 37.0 Å². The molecule has 37 heavy (non-hydrogen) atoms. The number of nitrogens with one attached hydrogen (secondary N) is 2. The van der Waals surface area contributed by atoms with Gasteiger partial charge in [-0.05, 0) is 42.7 Å². The zero-order valence-electron chi connectivity index (χ0n) is 20.6.